The summed E-state index contributed by atoms with van der Waals surface area (Å²) in [5, 5.41) is 0.481. The third kappa shape index (κ3) is 2.52. The normalized spacial score (nSPS) is 15.8. The van der Waals surface area contributed by atoms with Crippen molar-refractivity contribution in [2.24, 2.45) is 0 Å². The molecule has 0 N–H and O–H groups in total. The molecule has 1 atom stereocenters. The summed E-state index contributed by atoms with van der Waals surface area (Å²) in [5.74, 6) is -0.148. The van der Waals surface area contributed by atoms with Crippen LogP contribution in [0.4, 0.5) is 0 Å². The van der Waals surface area contributed by atoms with Crippen LogP contribution < -0.4 is 5.43 Å². The molecule has 1 amide bonds. The summed E-state index contributed by atoms with van der Waals surface area (Å²) < 4.78 is 5.91. The molecule has 0 fully saturated rings. The number of carbonyl (C=O) groups is 1. The van der Waals surface area contributed by atoms with E-state index in [1.807, 2.05) is 42.5 Å². The lowest BCUT2D eigenvalue weighted by molar-refractivity contribution is 0.0714. The number of hydrogen-bond acceptors (Lipinski definition) is 4. The maximum absolute atomic E-state index is 13.3. The number of fused-ring (bicyclic) bond motifs is 2. The predicted molar refractivity (Wildman–Crippen MR) is 105 cm³/mol. The fraction of sp³-hybridized carbons (Fsp3) is 0.0870. The number of benzene rings is 2. The molecule has 3 heterocycles. The number of nitrogens with zero attached hydrogens (tertiary/aromatic N) is 2. The van der Waals surface area contributed by atoms with Crippen molar-refractivity contribution in [3.8, 4) is 0 Å². The summed E-state index contributed by atoms with van der Waals surface area (Å²) in [6.45, 7) is 0.382. The molecule has 0 unspecified atom stereocenters. The zero-order valence-electron chi connectivity index (χ0n) is 14.9. The zero-order valence-corrected chi connectivity index (χ0v) is 14.9. The minimum atomic E-state index is -0.508. The molecule has 5 rings (SSSR count). The van der Waals surface area contributed by atoms with Gasteiger partial charge in [0.1, 0.15) is 5.58 Å². The Kier molecular flexibility index (Phi) is 3.79. The smallest absolute Gasteiger partial charge is 0.291 e. The first-order valence-electron chi connectivity index (χ1n) is 9.04. The third-order valence-electron chi connectivity index (χ3n) is 5.09. The lowest BCUT2D eigenvalue weighted by Crippen LogP contribution is -2.29. The highest BCUT2D eigenvalue weighted by Gasteiger charge is 2.42. The molecule has 2 aromatic carbocycles. The van der Waals surface area contributed by atoms with E-state index in [0.29, 0.717) is 23.1 Å². The number of pyridine rings is 1. The first-order valence-corrected chi connectivity index (χ1v) is 9.04. The maximum atomic E-state index is 13.3. The Balaban J connectivity index is 1.74. The van der Waals surface area contributed by atoms with Gasteiger partial charge in [-0.3, -0.25) is 14.6 Å². The van der Waals surface area contributed by atoms with E-state index in [2.05, 4.69) is 4.98 Å². The summed E-state index contributed by atoms with van der Waals surface area (Å²) >= 11 is 0. The average Bonchev–Trinajstić information content (AvgIpc) is 3.02. The van der Waals surface area contributed by atoms with E-state index in [1.165, 1.54) is 0 Å². The summed E-state index contributed by atoms with van der Waals surface area (Å²) in [5.41, 5.74) is 2.48. The van der Waals surface area contributed by atoms with Crippen molar-refractivity contribution in [1.82, 2.24) is 9.88 Å². The van der Waals surface area contributed by atoms with E-state index >= 15 is 0 Å². The third-order valence-corrected chi connectivity index (χ3v) is 5.09. The molecule has 0 saturated heterocycles. The Hall–Kier alpha value is -3.73. The molecule has 0 spiro atoms. The molecule has 1 aliphatic rings. The molecule has 2 aromatic heterocycles. The number of rotatable bonds is 3. The maximum Gasteiger partial charge on any atom is 0.291 e. The van der Waals surface area contributed by atoms with Gasteiger partial charge in [0.15, 0.2) is 5.43 Å². The van der Waals surface area contributed by atoms with E-state index in [-0.39, 0.29) is 17.1 Å². The number of hydrogen-bond donors (Lipinski definition) is 0. The zero-order chi connectivity index (χ0) is 19.1. The lowest BCUT2D eigenvalue weighted by Gasteiger charge is -2.25. The van der Waals surface area contributed by atoms with Crippen LogP contribution in [0, 0.1) is 0 Å². The van der Waals surface area contributed by atoms with Crippen LogP contribution >= 0.6 is 0 Å². The van der Waals surface area contributed by atoms with Gasteiger partial charge in [-0.25, -0.2) is 0 Å². The molecule has 28 heavy (non-hydrogen) atoms. The fourth-order valence-electron chi connectivity index (χ4n) is 3.80. The molecule has 136 valence electrons. The van der Waals surface area contributed by atoms with Gasteiger partial charge in [-0.05, 0) is 35.4 Å². The van der Waals surface area contributed by atoms with E-state index in [9.17, 15) is 9.59 Å². The van der Waals surface area contributed by atoms with Crippen LogP contribution in [0.2, 0.25) is 0 Å². The van der Waals surface area contributed by atoms with Gasteiger partial charge in [-0.2, -0.15) is 0 Å². The molecule has 0 bridgehead atoms. The highest BCUT2D eigenvalue weighted by atomic mass is 16.3. The second-order valence-electron chi connectivity index (χ2n) is 6.77. The Labute approximate surface area is 160 Å². The number of para-hydroxylation sites is 1. The van der Waals surface area contributed by atoms with Gasteiger partial charge >= 0.3 is 0 Å². The first kappa shape index (κ1) is 16.4. The van der Waals surface area contributed by atoms with Crippen molar-refractivity contribution < 1.29 is 9.21 Å². The molecule has 4 aromatic rings. The van der Waals surface area contributed by atoms with Gasteiger partial charge in [0.25, 0.3) is 5.91 Å². The molecule has 0 aliphatic carbocycles. The van der Waals surface area contributed by atoms with Crippen LogP contribution in [0.1, 0.15) is 33.3 Å². The van der Waals surface area contributed by atoms with E-state index in [4.69, 9.17) is 4.42 Å². The van der Waals surface area contributed by atoms with Gasteiger partial charge in [-0.15, -0.1) is 0 Å². The summed E-state index contributed by atoms with van der Waals surface area (Å²) in [4.78, 5) is 32.3. The highest BCUT2D eigenvalue weighted by Crippen LogP contribution is 2.38. The number of carbonyl (C=O) groups excluding carboxylic acids is 1. The monoisotopic (exact) mass is 368 g/mol. The van der Waals surface area contributed by atoms with Gasteiger partial charge in [-0.1, -0.05) is 42.5 Å². The Morgan fingerprint density at radius 2 is 1.61 bits per heavy atom. The summed E-state index contributed by atoms with van der Waals surface area (Å²) in [7, 11) is 0. The Morgan fingerprint density at radius 3 is 2.39 bits per heavy atom. The summed E-state index contributed by atoms with van der Waals surface area (Å²) in [6.07, 6.45) is 3.34. The van der Waals surface area contributed by atoms with Gasteiger partial charge in [0.05, 0.1) is 17.0 Å². The van der Waals surface area contributed by atoms with Gasteiger partial charge in [0.2, 0.25) is 5.76 Å². The van der Waals surface area contributed by atoms with E-state index < -0.39 is 6.04 Å². The molecular weight excluding hydrogens is 352 g/mol. The van der Waals surface area contributed by atoms with Crippen LogP contribution in [0.5, 0.6) is 0 Å². The van der Waals surface area contributed by atoms with Crippen molar-refractivity contribution in [3.63, 3.8) is 0 Å². The molecule has 5 heteroatoms. The predicted octanol–water partition coefficient (Wildman–Crippen LogP) is 3.93. The van der Waals surface area contributed by atoms with Crippen molar-refractivity contribution in [3.05, 3.63) is 112 Å². The standard InChI is InChI=1S/C23H16N2O3/c26-21-17-8-4-5-9-18(17)28-22-19(21)20(16-10-12-24-13-11-16)25(23(22)27)14-15-6-2-1-3-7-15/h1-13,20H,14H2/t20-/m0/s1. The average molecular weight is 368 g/mol. The van der Waals surface area contributed by atoms with Crippen LogP contribution in [-0.4, -0.2) is 15.8 Å². The van der Waals surface area contributed by atoms with Crippen LogP contribution in [0.3, 0.4) is 0 Å². The second kappa shape index (κ2) is 6.46. The van der Waals surface area contributed by atoms with Crippen molar-refractivity contribution >= 4 is 16.9 Å². The van der Waals surface area contributed by atoms with E-state index in [0.717, 1.165) is 11.1 Å². The lowest BCUT2D eigenvalue weighted by atomic mass is 9.99. The minimum absolute atomic E-state index is 0.126. The van der Waals surface area contributed by atoms with Gasteiger partial charge < -0.3 is 9.32 Å². The molecule has 1 aliphatic heterocycles. The quantitative estimate of drug-likeness (QED) is 0.550. The van der Waals surface area contributed by atoms with Crippen molar-refractivity contribution in [2.75, 3.05) is 0 Å². The largest absolute Gasteiger partial charge is 0.450 e. The number of amides is 1. The van der Waals surface area contributed by atoms with Crippen molar-refractivity contribution in [2.45, 2.75) is 12.6 Å². The van der Waals surface area contributed by atoms with Crippen LogP contribution in [0.25, 0.3) is 11.0 Å². The Bertz CT molecular complexity index is 1230. The topological polar surface area (TPSA) is 63.4 Å². The first-order chi connectivity index (χ1) is 13.7. The van der Waals surface area contributed by atoms with E-state index in [1.54, 1.807) is 41.6 Å². The molecule has 0 radical (unpaired) electrons. The number of aromatic nitrogens is 1. The SMILES string of the molecule is O=C1c2oc3ccccc3c(=O)c2[C@H](c2ccncc2)N1Cc1ccccc1. The summed E-state index contributed by atoms with van der Waals surface area (Å²) in [6, 6.07) is 19.9. The Morgan fingerprint density at radius 1 is 0.893 bits per heavy atom. The molecule has 5 nitrogen and oxygen atoms in total. The van der Waals surface area contributed by atoms with Gasteiger partial charge in [0, 0.05) is 18.9 Å². The van der Waals surface area contributed by atoms with Crippen molar-refractivity contribution in [1.29, 1.82) is 0 Å². The second-order valence-corrected chi connectivity index (χ2v) is 6.77. The fourth-order valence-corrected chi connectivity index (χ4v) is 3.80. The molecular formula is C23H16N2O3. The van der Waals surface area contributed by atoms with Crippen LogP contribution in [0.15, 0.2) is 88.3 Å². The molecule has 0 saturated carbocycles. The highest BCUT2D eigenvalue weighted by molar-refractivity contribution is 5.99. The minimum Gasteiger partial charge on any atom is -0.450 e. The van der Waals surface area contributed by atoms with Crippen LogP contribution in [-0.2, 0) is 6.54 Å².